The van der Waals surface area contributed by atoms with Gasteiger partial charge in [-0.2, -0.15) is 0 Å². The number of nitrogens with two attached hydrogens (primary N) is 1. The molecule has 0 aromatic heterocycles. The lowest BCUT2D eigenvalue weighted by molar-refractivity contribution is 0.0207. The molecule has 2 atom stereocenters. The highest BCUT2D eigenvalue weighted by Crippen LogP contribution is 2.25. The standard InChI is InChI=1S/C21H34N2O3/c1-4-13-25-20-14-17(22)9-10-18(20)21(24)26-15-19(16(3)5-2)23-11-7-6-8-12-23/h9-10,14,16,19H,4-8,11-13,15,22H2,1-3H3/t16?,19-/m1/s1. The zero-order valence-electron chi connectivity index (χ0n) is 16.5. The zero-order valence-corrected chi connectivity index (χ0v) is 16.5. The maximum Gasteiger partial charge on any atom is 0.341 e. The molecule has 0 amide bonds. The van der Waals surface area contributed by atoms with Crippen LogP contribution in [0, 0.1) is 5.92 Å². The summed E-state index contributed by atoms with van der Waals surface area (Å²) in [5.41, 5.74) is 6.87. The SMILES string of the molecule is CCCOc1cc(N)ccc1C(=O)OC[C@H](C(C)CC)N1CCCCC1. The van der Waals surface area contributed by atoms with Gasteiger partial charge in [0.2, 0.25) is 0 Å². The van der Waals surface area contributed by atoms with E-state index in [2.05, 4.69) is 18.7 Å². The molecule has 1 heterocycles. The van der Waals surface area contributed by atoms with Crippen molar-refractivity contribution in [1.29, 1.82) is 0 Å². The minimum atomic E-state index is -0.332. The minimum Gasteiger partial charge on any atom is -0.493 e. The van der Waals surface area contributed by atoms with Gasteiger partial charge in [0, 0.05) is 17.8 Å². The van der Waals surface area contributed by atoms with Crippen molar-refractivity contribution in [3.63, 3.8) is 0 Å². The average Bonchev–Trinajstić information content (AvgIpc) is 2.67. The molecule has 5 nitrogen and oxygen atoms in total. The van der Waals surface area contributed by atoms with E-state index < -0.39 is 0 Å². The molecule has 0 radical (unpaired) electrons. The molecule has 146 valence electrons. The Morgan fingerprint density at radius 1 is 1.23 bits per heavy atom. The van der Waals surface area contributed by atoms with Crippen molar-refractivity contribution in [2.45, 2.75) is 58.9 Å². The van der Waals surface area contributed by atoms with Crippen LogP contribution in [0.1, 0.15) is 63.2 Å². The van der Waals surface area contributed by atoms with Crippen molar-refractivity contribution in [3.8, 4) is 5.75 Å². The first-order chi connectivity index (χ1) is 12.6. The van der Waals surface area contributed by atoms with Gasteiger partial charge in [-0.25, -0.2) is 4.79 Å². The molecule has 2 rings (SSSR count). The first-order valence-electron chi connectivity index (χ1n) is 10.00. The van der Waals surface area contributed by atoms with Crippen molar-refractivity contribution in [2.24, 2.45) is 5.92 Å². The molecular formula is C21H34N2O3. The molecule has 2 N–H and O–H groups in total. The lowest BCUT2D eigenvalue weighted by atomic mass is 9.96. The highest BCUT2D eigenvalue weighted by molar-refractivity contribution is 5.93. The zero-order chi connectivity index (χ0) is 18.9. The van der Waals surface area contributed by atoms with Crippen molar-refractivity contribution in [1.82, 2.24) is 4.90 Å². The summed E-state index contributed by atoms with van der Waals surface area (Å²) in [6.45, 7) is 9.63. The van der Waals surface area contributed by atoms with Crippen LogP contribution in [0.25, 0.3) is 0 Å². The normalized spacial score (nSPS) is 17.5. The van der Waals surface area contributed by atoms with Crippen molar-refractivity contribution in [3.05, 3.63) is 23.8 Å². The molecule has 1 aromatic rings. The van der Waals surface area contributed by atoms with Crippen LogP contribution in [0.15, 0.2) is 18.2 Å². The second-order valence-electron chi connectivity index (χ2n) is 7.25. The second-order valence-corrected chi connectivity index (χ2v) is 7.25. The summed E-state index contributed by atoms with van der Waals surface area (Å²) in [4.78, 5) is 15.2. The Bertz CT molecular complexity index is 570. The predicted molar refractivity (Wildman–Crippen MR) is 106 cm³/mol. The third kappa shape index (κ3) is 5.63. The first-order valence-corrected chi connectivity index (χ1v) is 10.00. The molecule has 1 aliphatic heterocycles. The largest absolute Gasteiger partial charge is 0.493 e. The number of ether oxygens (including phenoxy) is 2. The number of hydrogen-bond acceptors (Lipinski definition) is 5. The van der Waals surface area contributed by atoms with Gasteiger partial charge in [0.25, 0.3) is 0 Å². The molecule has 1 unspecified atom stereocenters. The van der Waals surface area contributed by atoms with Crippen LogP contribution in [0.5, 0.6) is 5.75 Å². The predicted octanol–water partition coefficient (Wildman–Crippen LogP) is 4.12. The summed E-state index contributed by atoms with van der Waals surface area (Å²) in [5, 5.41) is 0. The molecule has 0 saturated carbocycles. The van der Waals surface area contributed by atoms with E-state index in [0.29, 0.717) is 36.1 Å². The number of rotatable bonds is 9. The van der Waals surface area contributed by atoms with Gasteiger partial charge in [-0.1, -0.05) is 33.6 Å². The summed E-state index contributed by atoms with van der Waals surface area (Å²) < 4.78 is 11.4. The molecule has 0 bridgehead atoms. The van der Waals surface area contributed by atoms with E-state index in [9.17, 15) is 4.79 Å². The molecular weight excluding hydrogens is 328 g/mol. The van der Waals surface area contributed by atoms with E-state index in [4.69, 9.17) is 15.2 Å². The van der Waals surface area contributed by atoms with Gasteiger partial charge < -0.3 is 15.2 Å². The number of nitrogen functional groups attached to an aromatic ring is 1. The number of anilines is 1. The summed E-state index contributed by atoms with van der Waals surface area (Å²) in [6.07, 6.45) is 5.70. The minimum absolute atomic E-state index is 0.276. The van der Waals surface area contributed by atoms with Gasteiger partial charge >= 0.3 is 5.97 Å². The monoisotopic (exact) mass is 362 g/mol. The summed E-state index contributed by atoms with van der Waals surface area (Å²) >= 11 is 0. The van der Waals surface area contributed by atoms with E-state index in [0.717, 1.165) is 25.9 Å². The quantitative estimate of drug-likeness (QED) is 0.529. The molecule has 1 aromatic carbocycles. The van der Waals surface area contributed by atoms with E-state index in [1.807, 2.05) is 6.92 Å². The lowest BCUT2D eigenvalue weighted by Gasteiger charge is -2.37. The van der Waals surface area contributed by atoms with Gasteiger partial charge in [0.05, 0.1) is 6.61 Å². The Morgan fingerprint density at radius 2 is 1.96 bits per heavy atom. The maximum absolute atomic E-state index is 12.7. The Morgan fingerprint density at radius 3 is 2.62 bits per heavy atom. The highest BCUT2D eigenvalue weighted by Gasteiger charge is 2.27. The third-order valence-electron chi connectivity index (χ3n) is 5.23. The molecule has 1 saturated heterocycles. The average molecular weight is 363 g/mol. The van der Waals surface area contributed by atoms with Crippen LogP contribution in [-0.2, 0) is 4.74 Å². The third-order valence-corrected chi connectivity index (χ3v) is 5.23. The second kappa shape index (κ2) is 10.4. The Kier molecular flexibility index (Phi) is 8.23. The van der Waals surface area contributed by atoms with Crippen molar-refractivity contribution < 1.29 is 14.3 Å². The van der Waals surface area contributed by atoms with Crippen LogP contribution in [0.4, 0.5) is 5.69 Å². The fourth-order valence-electron chi connectivity index (χ4n) is 3.43. The molecule has 1 aliphatic rings. The molecule has 0 spiro atoms. The smallest absolute Gasteiger partial charge is 0.341 e. The van der Waals surface area contributed by atoms with E-state index in [1.165, 1.54) is 19.3 Å². The number of nitrogens with zero attached hydrogens (tertiary/aromatic N) is 1. The van der Waals surface area contributed by atoms with Crippen LogP contribution in [0.3, 0.4) is 0 Å². The van der Waals surface area contributed by atoms with Gasteiger partial charge in [-0.05, 0) is 50.4 Å². The van der Waals surface area contributed by atoms with Gasteiger partial charge in [0.15, 0.2) is 0 Å². The number of likely N-dealkylation sites (tertiary alicyclic amines) is 1. The maximum atomic E-state index is 12.7. The van der Waals surface area contributed by atoms with Crippen LogP contribution in [0.2, 0.25) is 0 Å². The number of piperidine rings is 1. The van der Waals surface area contributed by atoms with Crippen LogP contribution in [-0.4, -0.2) is 43.2 Å². The first kappa shape index (κ1) is 20.6. The Hall–Kier alpha value is -1.75. The Labute approximate surface area is 157 Å². The van der Waals surface area contributed by atoms with Crippen LogP contribution >= 0.6 is 0 Å². The van der Waals surface area contributed by atoms with Gasteiger partial charge in [-0.15, -0.1) is 0 Å². The van der Waals surface area contributed by atoms with E-state index in [1.54, 1.807) is 18.2 Å². The topological polar surface area (TPSA) is 64.8 Å². The molecule has 0 aliphatic carbocycles. The van der Waals surface area contributed by atoms with Gasteiger partial charge in [0.1, 0.15) is 17.9 Å². The number of carbonyl (C=O) groups excluding carboxylic acids is 1. The number of esters is 1. The Balaban J connectivity index is 2.05. The fourth-order valence-corrected chi connectivity index (χ4v) is 3.43. The summed E-state index contributed by atoms with van der Waals surface area (Å²) in [6, 6.07) is 5.38. The summed E-state index contributed by atoms with van der Waals surface area (Å²) in [7, 11) is 0. The lowest BCUT2D eigenvalue weighted by Crippen LogP contribution is -2.46. The van der Waals surface area contributed by atoms with Crippen LogP contribution < -0.4 is 10.5 Å². The summed E-state index contributed by atoms with van der Waals surface area (Å²) in [5.74, 6) is 0.666. The molecule has 5 heteroatoms. The van der Waals surface area contributed by atoms with E-state index in [-0.39, 0.29) is 12.0 Å². The van der Waals surface area contributed by atoms with Gasteiger partial charge in [-0.3, -0.25) is 4.90 Å². The number of benzene rings is 1. The number of hydrogen-bond donors (Lipinski definition) is 1. The highest BCUT2D eigenvalue weighted by atomic mass is 16.5. The van der Waals surface area contributed by atoms with Crippen molar-refractivity contribution >= 4 is 11.7 Å². The van der Waals surface area contributed by atoms with Crippen molar-refractivity contribution in [2.75, 3.05) is 32.0 Å². The molecule has 1 fully saturated rings. The fraction of sp³-hybridized carbons (Fsp3) is 0.667. The van der Waals surface area contributed by atoms with E-state index >= 15 is 0 Å². The number of carbonyl (C=O) groups is 1. The molecule has 26 heavy (non-hydrogen) atoms.